The molecule has 2 rings (SSSR count). The van der Waals surface area contributed by atoms with Crippen LogP contribution in [0.5, 0.6) is 0 Å². The van der Waals surface area contributed by atoms with Gasteiger partial charge in [0.25, 0.3) is 0 Å². The summed E-state index contributed by atoms with van der Waals surface area (Å²) in [6, 6.07) is 7.37. The van der Waals surface area contributed by atoms with Gasteiger partial charge in [-0.15, -0.1) is 0 Å². The van der Waals surface area contributed by atoms with Crippen LogP contribution in [0.25, 0.3) is 0 Å². The Morgan fingerprint density at radius 1 is 1.38 bits per heavy atom. The van der Waals surface area contributed by atoms with E-state index in [0.29, 0.717) is 6.04 Å². The van der Waals surface area contributed by atoms with Crippen molar-refractivity contribution in [3.63, 3.8) is 0 Å². The summed E-state index contributed by atoms with van der Waals surface area (Å²) in [5.74, 6) is 0. The molecule has 0 saturated carbocycles. The van der Waals surface area contributed by atoms with Gasteiger partial charge in [0.15, 0.2) is 0 Å². The molecule has 0 bridgehead atoms. The molecular formula is C14H22N2. The van der Waals surface area contributed by atoms with Crippen molar-refractivity contribution in [1.29, 1.82) is 0 Å². The summed E-state index contributed by atoms with van der Waals surface area (Å²) in [7, 11) is 0. The Hall–Kier alpha value is -0.860. The Labute approximate surface area is 98.2 Å². The minimum absolute atomic E-state index is 0.176. The lowest BCUT2D eigenvalue weighted by molar-refractivity contribution is 0.499. The van der Waals surface area contributed by atoms with Crippen LogP contribution in [-0.4, -0.2) is 12.6 Å². The van der Waals surface area contributed by atoms with Crippen LogP contribution in [0.3, 0.4) is 0 Å². The van der Waals surface area contributed by atoms with E-state index in [-0.39, 0.29) is 6.04 Å². The molecule has 0 radical (unpaired) electrons. The molecular weight excluding hydrogens is 196 g/mol. The highest BCUT2D eigenvalue weighted by molar-refractivity contribution is 5.31. The number of aryl methyl sites for hydroxylation is 2. The third kappa shape index (κ3) is 2.63. The third-order valence-electron chi connectivity index (χ3n) is 3.66. The molecule has 1 heterocycles. The van der Waals surface area contributed by atoms with Crippen LogP contribution in [0, 0.1) is 13.8 Å². The van der Waals surface area contributed by atoms with E-state index in [2.05, 4.69) is 37.4 Å². The van der Waals surface area contributed by atoms with Crippen molar-refractivity contribution in [3.05, 3.63) is 34.9 Å². The molecule has 2 heteroatoms. The molecule has 2 atom stereocenters. The molecule has 1 fully saturated rings. The maximum absolute atomic E-state index is 6.25. The van der Waals surface area contributed by atoms with E-state index < -0.39 is 0 Å². The predicted octanol–water partition coefficient (Wildman–Crippen LogP) is 2.45. The first-order valence-corrected chi connectivity index (χ1v) is 6.23. The van der Waals surface area contributed by atoms with E-state index >= 15 is 0 Å². The Bertz CT molecular complexity index is 354. The summed E-state index contributed by atoms with van der Waals surface area (Å²) in [4.78, 5) is 0. The number of hydrogen-bond acceptors (Lipinski definition) is 2. The lowest BCUT2D eigenvalue weighted by Gasteiger charge is -2.18. The second-order valence-corrected chi connectivity index (χ2v) is 4.98. The minimum atomic E-state index is 0.176. The number of nitrogens with one attached hydrogen (secondary N) is 1. The summed E-state index contributed by atoms with van der Waals surface area (Å²) >= 11 is 0. The first kappa shape index (κ1) is 11.6. The van der Waals surface area contributed by atoms with E-state index in [1.165, 1.54) is 29.5 Å². The zero-order chi connectivity index (χ0) is 11.5. The fourth-order valence-corrected chi connectivity index (χ4v) is 2.40. The molecule has 1 aliphatic rings. The van der Waals surface area contributed by atoms with Gasteiger partial charge in [-0.25, -0.2) is 0 Å². The quantitative estimate of drug-likeness (QED) is 0.818. The van der Waals surface area contributed by atoms with Crippen LogP contribution in [-0.2, 0) is 0 Å². The standard InChI is InChI=1S/C14H22N2/c1-10-5-6-12(8-11(10)2)14(15)9-13-4-3-7-16-13/h5-6,8,13-14,16H,3-4,7,9,15H2,1-2H3. The van der Waals surface area contributed by atoms with Gasteiger partial charge in [-0.1, -0.05) is 18.2 Å². The molecule has 0 aromatic heterocycles. The number of benzene rings is 1. The zero-order valence-corrected chi connectivity index (χ0v) is 10.3. The van der Waals surface area contributed by atoms with Crippen molar-refractivity contribution < 1.29 is 0 Å². The van der Waals surface area contributed by atoms with Crippen molar-refractivity contribution in [3.8, 4) is 0 Å². The highest BCUT2D eigenvalue weighted by atomic mass is 14.9. The average molecular weight is 218 g/mol. The van der Waals surface area contributed by atoms with Gasteiger partial charge >= 0.3 is 0 Å². The van der Waals surface area contributed by atoms with Gasteiger partial charge in [-0.2, -0.15) is 0 Å². The molecule has 0 aliphatic carbocycles. The van der Waals surface area contributed by atoms with Crippen molar-refractivity contribution in [2.24, 2.45) is 5.73 Å². The molecule has 0 amide bonds. The largest absolute Gasteiger partial charge is 0.324 e. The summed E-state index contributed by atoms with van der Waals surface area (Å²) in [6.45, 7) is 5.45. The van der Waals surface area contributed by atoms with Crippen LogP contribution in [0.1, 0.15) is 42.0 Å². The lowest BCUT2D eigenvalue weighted by atomic mass is 9.96. The Kier molecular flexibility index (Phi) is 3.62. The average Bonchev–Trinajstić information content (AvgIpc) is 2.74. The molecule has 88 valence electrons. The van der Waals surface area contributed by atoms with Gasteiger partial charge in [0, 0.05) is 12.1 Å². The summed E-state index contributed by atoms with van der Waals surface area (Å²) < 4.78 is 0. The maximum Gasteiger partial charge on any atom is 0.0309 e. The minimum Gasteiger partial charge on any atom is -0.324 e. The first-order chi connectivity index (χ1) is 7.66. The van der Waals surface area contributed by atoms with E-state index in [1.807, 2.05) is 0 Å². The fraction of sp³-hybridized carbons (Fsp3) is 0.571. The van der Waals surface area contributed by atoms with Crippen LogP contribution < -0.4 is 11.1 Å². The Morgan fingerprint density at radius 3 is 2.81 bits per heavy atom. The predicted molar refractivity (Wildman–Crippen MR) is 68.5 cm³/mol. The fourth-order valence-electron chi connectivity index (χ4n) is 2.40. The second-order valence-electron chi connectivity index (χ2n) is 4.98. The van der Waals surface area contributed by atoms with Gasteiger partial charge in [-0.3, -0.25) is 0 Å². The molecule has 0 spiro atoms. The molecule has 16 heavy (non-hydrogen) atoms. The molecule has 2 nitrogen and oxygen atoms in total. The van der Waals surface area contributed by atoms with Crippen LogP contribution in [0.4, 0.5) is 0 Å². The summed E-state index contributed by atoms with van der Waals surface area (Å²) in [6.07, 6.45) is 3.63. The normalized spacial score (nSPS) is 22.3. The molecule has 1 aromatic rings. The molecule has 2 unspecified atom stereocenters. The SMILES string of the molecule is Cc1ccc(C(N)CC2CCCN2)cc1C. The maximum atomic E-state index is 6.25. The van der Waals surface area contributed by atoms with E-state index in [4.69, 9.17) is 5.73 Å². The van der Waals surface area contributed by atoms with Crippen molar-refractivity contribution >= 4 is 0 Å². The second kappa shape index (κ2) is 4.98. The molecule has 1 aliphatic heterocycles. The van der Waals surface area contributed by atoms with Crippen molar-refractivity contribution in [2.75, 3.05) is 6.54 Å². The summed E-state index contributed by atoms with van der Waals surface area (Å²) in [5, 5.41) is 3.50. The lowest BCUT2D eigenvalue weighted by Crippen LogP contribution is -2.26. The van der Waals surface area contributed by atoms with Crippen LogP contribution >= 0.6 is 0 Å². The topological polar surface area (TPSA) is 38.0 Å². The van der Waals surface area contributed by atoms with Gasteiger partial charge in [0.2, 0.25) is 0 Å². The van der Waals surface area contributed by atoms with E-state index in [1.54, 1.807) is 0 Å². The molecule has 1 saturated heterocycles. The smallest absolute Gasteiger partial charge is 0.0309 e. The number of nitrogens with two attached hydrogens (primary N) is 1. The number of rotatable bonds is 3. The van der Waals surface area contributed by atoms with E-state index in [0.717, 1.165) is 13.0 Å². The van der Waals surface area contributed by atoms with Crippen molar-refractivity contribution in [2.45, 2.75) is 45.2 Å². The molecule has 1 aromatic carbocycles. The third-order valence-corrected chi connectivity index (χ3v) is 3.66. The van der Waals surface area contributed by atoms with Gasteiger partial charge < -0.3 is 11.1 Å². The Balaban J connectivity index is 2.02. The van der Waals surface area contributed by atoms with Crippen LogP contribution in [0.15, 0.2) is 18.2 Å². The highest BCUT2D eigenvalue weighted by Gasteiger charge is 2.18. The van der Waals surface area contributed by atoms with Gasteiger partial charge in [0.1, 0.15) is 0 Å². The zero-order valence-electron chi connectivity index (χ0n) is 10.3. The van der Waals surface area contributed by atoms with E-state index in [9.17, 15) is 0 Å². The molecule has 3 N–H and O–H groups in total. The van der Waals surface area contributed by atoms with Gasteiger partial charge in [0.05, 0.1) is 0 Å². The highest BCUT2D eigenvalue weighted by Crippen LogP contribution is 2.21. The number of hydrogen-bond donors (Lipinski definition) is 2. The Morgan fingerprint density at radius 2 is 2.19 bits per heavy atom. The van der Waals surface area contributed by atoms with Crippen molar-refractivity contribution in [1.82, 2.24) is 5.32 Å². The summed E-state index contributed by atoms with van der Waals surface area (Å²) in [5.41, 5.74) is 10.2. The monoisotopic (exact) mass is 218 g/mol. The van der Waals surface area contributed by atoms with Crippen LogP contribution in [0.2, 0.25) is 0 Å². The van der Waals surface area contributed by atoms with Gasteiger partial charge in [-0.05, 0) is 56.3 Å². The first-order valence-electron chi connectivity index (χ1n) is 6.23.